The van der Waals surface area contributed by atoms with Crippen molar-refractivity contribution in [1.82, 2.24) is 5.32 Å². The number of thiophene rings is 1. The molecule has 0 unspecified atom stereocenters. The topological polar surface area (TPSA) is 84.2 Å². The second-order valence-corrected chi connectivity index (χ2v) is 6.38. The molecule has 0 radical (unpaired) electrons. The number of amides is 2. The Balaban J connectivity index is 0.00000338. The highest BCUT2D eigenvalue weighted by Crippen LogP contribution is 2.27. The molecular formula is C16H17ClF3N3O2S. The summed E-state index contributed by atoms with van der Waals surface area (Å²) in [5.41, 5.74) is 5.56. The van der Waals surface area contributed by atoms with Gasteiger partial charge < -0.3 is 16.4 Å². The minimum atomic E-state index is -3.19. The Hall–Kier alpha value is -2.10. The molecule has 4 N–H and O–H groups in total. The Morgan fingerprint density at radius 2 is 1.92 bits per heavy atom. The van der Waals surface area contributed by atoms with Crippen molar-refractivity contribution < 1.29 is 22.8 Å². The largest absolute Gasteiger partial charge is 0.345 e. The normalized spacial score (nSPS) is 10.8. The lowest BCUT2D eigenvalue weighted by atomic mass is 10.2. The Labute approximate surface area is 158 Å². The number of hydrogen-bond acceptors (Lipinski definition) is 4. The zero-order valence-electron chi connectivity index (χ0n) is 13.6. The Kier molecular flexibility index (Phi) is 7.61. The van der Waals surface area contributed by atoms with Gasteiger partial charge >= 0.3 is 0 Å². The van der Waals surface area contributed by atoms with Crippen molar-refractivity contribution in [2.45, 2.75) is 12.8 Å². The van der Waals surface area contributed by atoms with Crippen molar-refractivity contribution in [1.29, 1.82) is 0 Å². The fourth-order valence-corrected chi connectivity index (χ4v) is 2.93. The summed E-state index contributed by atoms with van der Waals surface area (Å²) in [6.45, 7) is -0.124. The second-order valence-electron chi connectivity index (χ2n) is 5.33. The molecule has 0 aliphatic heterocycles. The molecule has 0 fully saturated rings. The number of aryl methyl sites for hydroxylation is 1. The van der Waals surface area contributed by atoms with E-state index in [1.807, 2.05) is 0 Å². The summed E-state index contributed by atoms with van der Waals surface area (Å²) in [6, 6.07) is 6.68. The molecule has 2 rings (SSSR count). The quantitative estimate of drug-likeness (QED) is 0.687. The molecule has 2 aromatic rings. The van der Waals surface area contributed by atoms with E-state index >= 15 is 0 Å². The summed E-state index contributed by atoms with van der Waals surface area (Å²) >= 11 is 0.939. The van der Waals surface area contributed by atoms with E-state index in [9.17, 15) is 22.8 Å². The molecule has 0 atom stereocenters. The average Bonchev–Trinajstić information content (AvgIpc) is 2.93. The zero-order chi connectivity index (χ0) is 18.6. The third-order valence-corrected chi connectivity index (χ3v) is 4.41. The highest BCUT2D eigenvalue weighted by molar-refractivity contribution is 7.18. The molecule has 1 heterocycles. The summed E-state index contributed by atoms with van der Waals surface area (Å²) < 4.78 is 39.4. The maximum atomic E-state index is 13.2. The average molecular weight is 408 g/mol. The number of halogens is 4. The fraction of sp³-hybridized carbons (Fsp3) is 0.250. The van der Waals surface area contributed by atoms with Crippen LogP contribution >= 0.6 is 23.7 Å². The minimum absolute atomic E-state index is 0. The maximum Gasteiger partial charge on any atom is 0.277 e. The van der Waals surface area contributed by atoms with Crippen molar-refractivity contribution in [3.8, 4) is 0 Å². The van der Waals surface area contributed by atoms with Gasteiger partial charge in [-0.25, -0.2) is 13.2 Å². The van der Waals surface area contributed by atoms with Gasteiger partial charge in [0.1, 0.15) is 5.82 Å². The van der Waals surface area contributed by atoms with Gasteiger partial charge in [0.25, 0.3) is 17.7 Å². The van der Waals surface area contributed by atoms with Gasteiger partial charge in [-0.1, -0.05) is 6.07 Å². The van der Waals surface area contributed by atoms with E-state index in [4.69, 9.17) is 5.73 Å². The van der Waals surface area contributed by atoms with Crippen molar-refractivity contribution in [2.75, 3.05) is 18.4 Å². The lowest BCUT2D eigenvalue weighted by Crippen LogP contribution is -2.41. The molecule has 0 spiro atoms. The van der Waals surface area contributed by atoms with Crippen LogP contribution in [0.25, 0.3) is 0 Å². The van der Waals surface area contributed by atoms with E-state index in [0.29, 0.717) is 10.6 Å². The van der Waals surface area contributed by atoms with Gasteiger partial charge in [-0.15, -0.1) is 23.7 Å². The van der Waals surface area contributed by atoms with Gasteiger partial charge in [-0.05, 0) is 36.8 Å². The first-order chi connectivity index (χ1) is 11.7. The van der Waals surface area contributed by atoms with Crippen LogP contribution in [0.5, 0.6) is 0 Å². The minimum Gasteiger partial charge on any atom is -0.345 e. The van der Waals surface area contributed by atoms with E-state index in [1.165, 1.54) is 24.3 Å². The van der Waals surface area contributed by atoms with Gasteiger partial charge in [0.15, 0.2) is 0 Å². The fourth-order valence-electron chi connectivity index (χ4n) is 1.94. The Bertz CT molecular complexity index is 799. The first kappa shape index (κ1) is 21.9. The molecule has 1 aromatic carbocycles. The van der Waals surface area contributed by atoms with Crippen molar-refractivity contribution in [3.05, 3.63) is 52.2 Å². The van der Waals surface area contributed by atoms with E-state index in [2.05, 4.69) is 10.6 Å². The third kappa shape index (κ3) is 5.72. The maximum absolute atomic E-state index is 13.2. The summed E-state index contributed by atoms with van der Waals surface area (Å²) in [7, 11) is 0. The highest BCUT2D eigenvalue weighted by Gasteiger charge is 2.28. The van der Waals surface area contributed by atoms with Crippen LogP contribution in [0.3, 0.4) is 0 Å². The molecule has 142 valence electrons. The van der Waals surface area contributed by atoms with Crippen molar-refractivity contribution in [3.63, 3.8) is 0 Å². The van der Waals surface area contributed by atoms with Crippen LogP contribution in [0.1, 0.15) is 25.6 Å². The van der Waals surface area contributed by atoms with Gasteiger partial charge in [0.05, 0.1) is 23.0 Å². The first-order valence-electron chi connectivity index (χ1n) is 7.25. The molecular weight excluding hydrogens is 391 g/mol. The number of carbonyl (C=O) groups excluding carboxylic acids is 2. The summed E-state index contributed by atoms with van der Waals surface area (Å²) in [6.07, 6.45) is 0. The first-order valence-corrected chi connectivity index (χ1v) is 8.07. The van der Waals surface area contributed by atoms with Crippen LogP contribution in [-0.2, 0) is 0 Å². The van der Waals surface area contributed by atoms with Crippen molar-refractivity contribution in [2.24, 2.45) is 5.73 Å². The van der Waals surface area contributed by atoms with Crippen LogP contribution in [0.2, 0.25) is 0 Å². The van der Waals surface area contributed by atoms with Gasteiger partial charge in [0, 0.05) is 5.56 Å². The number of alkyl halides is 2. The third-order valence-electron chi connectivity index (χ3n) is 3.25. The van der Waals surface area contributed by atoms with E-state index in [1.54, 1.807) is 6.92 Å². The molecule has 10 heteroatoms. The molecule has 1 aromatic heterocycles. The Morgan fingerprint density at radius 3 is 2.54 bits per heavy atom. The molecule has 0 saturated heterocycles. The number of hydrogen-bond donors (Lipinski definition) is 3. The SMILES string of the molecule is Cc1cc(NC(=O)c2cccc(F)c2)sc1C(=O)NCC(F)(F)CN.Cl. The number of benzene rings is 1. The van der Waals surface area contributed by atoms with Gasteiger partial charge in [-0.2, -0.15) is 0 Å². The lowest BCUT2D eigenvalue weighted by Gasteiger charge is -2.14. The highest BCUT2D eigenvalue weighted by atomic mass is 35.5. The van der Waals surface area contributed by atoms with Crippen LogP contribution in [-0.4, -0.2) is 30.8 Å². The number of nitrogens with one attached hydrogen (secondary N) is 2. The lowest BCUT2D eigenvalue weighted by molar-refractivity contribution is 0.0119. The molecule has 0 aliphatic rings. The van der Waals surface area contributed by atoms with Gasteiger partial charge in [-0.3, -0.25) is 9.59 Å². The van der Waals surface area contributed by atoms with Crippen LogP contribution < -0.4 is 16.4 Å². The summed E-state index contributed by atoms with van der Waals surface area (Å²) in [5.74, 6) is -4.95. The number of carbonyl (C=O) groups is 2. The molecule has 0 aliphatic carbocycles. The molecule has 0 saturated carbocycles. The molecule has 5 nitrogen and oxygen atoms in total. The van der Waals surface area contributed by atoms with E-state index < -0.39 is 36.6 Å². The number of nitrogens with two attached hydrogens (primary N) is 1. The zero-order valence-corrected chi connectivity index (χ0v) is 15.3. The Morgan fingerprint density at radius 1 is 1.23 bits per heavy atom. The number of anilines is 1. The summed E-state index contributed by atoms with van der Waals surface area (Å²) in [5, 5.41) is 5.02. The van der Waals surface area contributed by atoms with E-state index in [0.717, 1.165) is 17.4 Å². The molecule has 26 heavy (non-hydrogen) atoms. The standard InChI is InChI=1S/C16H16F3N3O2S.ClH/c1-9-5-12(22-14(23)10-3-2-4-11(17)6-10)25-13(9)15(24)21-8-16(18,19)7-20;/h2-6H,7-8,20H2,1H3,(H,21,24)(H,22,23);1H. The predicted octanol–water partition coefficient (Wildman–Crippen LogP) is 3.19. The van der Waals surface area contributed by atoms with Crippen LogP contribution in [0.15, 0.2) is 30.3 Å². The second kappa shape index (κ2) is 9.02. The van der Waals surface area contributed by atoms with E-state index in [-0.39, 0.29) is 22.8 Å². The van der Waals surface area contributed by atoms with Crippen LogP contribution in [0, 0.1) is 12.7 Å². The monoisotopic (exact) mass is 407 g/mol. The molecule has 2 amide bonds. The predicted molar refractivity (Wildman–Crippen MR) is 97.0 cm³/mol. The molecule has 0 bridgehead atoms. The van der Waals surface area contributed by atoms with Crippen molar-refractivity contribution >= 4 is 40.6 Å². The van der Waals surface area contributed by atoms with Gasteiger partial charge in [0.2, 0.25) is 0 Å². The summed E-state index contributed by atoms with van der Waals surface area (Å²) in [4.78, 5) is 24.3. The van der Waals surface area contributed by atoms with Crippen LogP contribution in [0.4, 0.5) is 18.2 Å². The smallest absolute Gasteiger partial charge is 0.277 e. The number of rotatable bonds is 6.